The molecule has 0 aromatic heterocycles. The lowest BCUT2D eigenvalue weighted by Crippen LogP contribution is -2.23. The van der Waals surface area contributed by atoms with Gasteiger partial charge in [0, 0.05) is 29.8 Å². The van der Waals surface area contributed by atoms with Crippen molar-refractivity contribution in [2.45, 2.75) is 57.5 Å². The molecule has 0 fully saturated rings. The Balaban J connectivity index is 1.61. The zero-order valence-electron chi connectivity index (χ0n) is 24.8. The fourth-order valence-electron chi connectivity index (χ4n) is 3.91. The zero-order valence-corrected chi connectivity index (χ0v) is 26.4. The Hall–Kier alpha value is -1.79. The van der Waals surface area contributed by atoms with Gasteiger partial charge >= 0.3 is 5.97 Å². The smallest absolute Gasteiger partial charge is 0.315 e. The molecule has 0 saturated heterocycles. The molecule has 2 aromatic carbocycles. The third kappa shape index (κ3) is 13.4. The van der Waals surface area contributed by atoms with Crippen LogP contribution in [0, 0.1) is 0 Å². The van der Waals surface area contributed by atoms with Crippen LogP contribution < -0.4 is 4.74 Å². The van der Waals surface area contributed by atoms with Crippen LogP contribution in [0.3, 0.4) is 0 Å². The SMILES string of the molecule is COCC(O)CSCC(O)OCCOC(=O)CSCC(O)COc1ccc(C(C)(C)c2ccc(C(C)C)cc2)cc1. The molecule has 10 heteroatoms. The van der Waals surface area contributed by atoms with Crippen molar-refractivity contribution in [2.24, 2.45) is 0 Å². The van der Waals surface area contributed by atoms with Crippen molar-refractivity contribution >= 4 is 29.5 Å². The quantitative estimate of drug-likeness (QED) is 0.114. The van der Waals surface area contributed by atoms with Gasteiger partial charge in [-0.1, -0.05) is 64.1 Å². The molecule has 8 nitrogen and oxygen atoms in total. The van der Waals surface area contributed by atoms with Gasteiger partial charge in [-0.15, -0.1) is 11.8 Å². The number of carbonyl (C=O) groups excluding carboxylic acids is 1. The third-order valence-corrected chi connectivity index (χ3v) is 8.64. The Kier molecular flexibility index (Phi) is 16.1. The van der Waals surface area contributed by atoms with E-state index < -0.39 is 24.5 Å². The maximum absolute atomic E-state index is 11.9. The Morgan fingerprint density at radius 2 is 1.41 bits per heavy atom. The molecule has 0 heterocycles. The van der Waals surface area contributed by atoms with Crippen molar-refractivity contribution < 1.29 is 39.1 Å². The first-order chi connectivity index (χ1) is 19.5. The van der Waals surface area contributed by atoms with Crippen LogP contribution in [-0.4, -0.2) is 96.3 Å². The van der Waals surface area contributed by atoms with Gasteiger partial charge in [0.05, 0.1) is 31.2 Å². The monoisotopic (exact) mass is 610 g/mol. The van der Waals surface area contributed by atoms with Crippen molar-refractivity contribution in [3.63, 3.8) is 0 Å². The van der Waals surface area contributed by atoms with Crippen molar-refractivity contribution in [2.75, 3.05) is 56.5 Å². The minimum Gasteiger partial charge on any atom is -0.491 e. The molecule has 0 radical (unpaired) electrons. The van der Waals surface area contributed by atoms with Crippen LogP contribution in [0.5, 0.6) is 5.75 Å². The fraction of sp³-hybridized carbons (Fsp3) is 0.581. The lowest BCUT2D eigenvalue weighted by Gasteiger charge is -2.27. The standard InChI is InChI=1S/C31H46O8S2/c1-22(2)23-6-8-24(9-7-23)31(3,4)25-10-12-28(13-11-25)39-17-27(33)19-41-21-30(35)38-15-14-37-29(34)20-40-18-26(32)16-36-5/h6-13,22,26-27,29,32-34H,14-21H2,1-5H3. The molecule has 3 unspecified atom stereocenters. The van der Waals surface area contributed by atoms with E-state index in [4.69, 9.17) is 18.9 Å². The summed E-state index contributed by atoms with van der Waals surface area (Å²) in [7, 11) is 1.51. The first kappa shape index (κ1) is 35.4. The van der Waals surface area contributed by atoms with E-state index in [9.17, 15) is 20.1 Å². The van der Waals surface area contributed by atoms with Crippen molar-refractivity contribution in [1.29, 1.82) is 0 Å². The predicted octanol–water partition coefficient (Wildman–Crippen LogP) is 4.23. The number of aliphatic hydroxyl groups excluding tert-OH is 3. The van der Waals surface area contributed by atoms with Gasteiger partial charge < -0.3 is 34.3 Å². The van der Waals surface area contributed by atoms with E-state index in [1.807, 2.05) is 12.1 Å². The summed E-state index contributed by atoms with van der Waals surface area (Å²) in [5.41, 5.74) is 3.59. The van der Waals surface area contributed by atoms with Crippen LogP contribution in [0.2, 0.25) is 0 Å². The molecule has 2 rings (SSSR count). The molecule has 230 valence electrons. The summed E-state index contributed by atoms with van der Waals surface area (Å²) in [4.78, 5) is 11.9. The summed E-state index contributed by atoms with van der Waals surface area (Å²) in [5, 5.41) is 29.6. The highest BCUT2D eigenvalue weighted by atomic mass is 32.2. The molecule has 3 atom stereocenters. The second-order valence-electron chi connectivity index (χ2n) is 10.6. The second kappa shape index (κ2) is 18.7. The number of esters is 1. The van der Waals surface area contributed by atoms with Crippen LogP contribution in [0.25, 0.3) is 0 Å². The van der Waals surface area contributed by atoms with Crippen molar-refractivity contribution in [3.05, 3.63) is 65.2 Å². The summed E-state index contributed by atoms with van der Waals surface area (Å²) in [5.74, 6) is 1.89. The Labute approximate surface area is 253 Å². The topological polar surface area (TPSA) is 115 Å². The highest BCUT2D eigenvalue weighted by molar-refractivity contribution is 8.00. The third-order valence-electron chi connectivity index (χ3n) is 6.43. The number of thioether (sulfide) groups is 2. The summed E-state index contributed by atoms with van der Waals surface area (Å²) < 4.78 is 20.9. The van der Waals surface area contributed by atoms with Gasteiger partial charge in [0.25, 0.3) is 0 Å². The number of ether oxygens (including phenoxy) is 4. The molecule has 0 bridgehead atoms. The number of aliphatic hydroxyl groups is 3. The number of carbonyl (C=O) groups is 1. The van der Waals surface area contributed by atoms with Gasteiger partial charge in [-0.05, 0) is 34.7 Å². The minimum absolute atomic E-state index is 0.0230. The molecular weight excluding hydrogens is 564 g/mol. The minimum atomic E-state index is -1.01. The van der Waals surface area contributed by atoms with Gasteiger partial charge in [0.1, 0.15) is 19.0 Å². The maximum atomic E-state index is 11.9. The average Bonchev–Trinajstić information content (AvgIpc) is 2.94. The normalized spacial score (nSPS) is 14.1. The van der Waals surface area contributed by atoms with Crippen LogP contribution in [0.15, 0.2) is 48.5 Å². The Morgan fingerprint density at radius 1 is 0.829 bits per heavy atom. The van der Waals surface area contributed by atoms with Crippen molar-refractivity contribution in [1.82, 2.24) is 0 Å². The number of hydrogen-bond acceptors (Lipinski definition) is 10. The zero-order chi connectivity index (χ0) is 30.3. The van der Waals surface area contributed by atoms with Crippen LogP contribution in [-0.2, 0) is 24.4 Å². The maximum Gasteiger partial charge on any atom is 0.315 e. The van der Waals surface area contributed by atoms with Crippen LogP contribution in [0.1, 0.15) is 50.3 Å². The lowest BCUT2D eigenvalue weighted by molar-refractivity contribution is -0.146. The molecule has 0 spiro atoms. The highest BCUT2D eigenvalue weighted by Gasteiger charge is 2.23. The van der Waals surface area contributed by atoms with E-state index in [1.54, 1.807) is 0 Å². The van der Waals surface area contributed by atoms with Crippen LogP contribution in [0.4, 0.5) is 0 Å². The van der Waals surface area contributed by atoms with Crippen molar-refractivity contribution in [3.8, 4) is 5.75 Å². The largest absolute Gasteiger partial charge is 0.491 e. The molecule has 0 aliphatic carbocycles. The molecule has 2 aromatic rings. The van der Waals surface area contributed by atoms with Gasteiger partial charge in [0.2, 0.25) is 0 Å². The van der Waals surface area contributed by atoms with Gasteiger partial charge in [-0.2, -0.15) is 11.8 Å². The molecular formula is C31H46O8S2. The molecule has 0 aliphatic rings. The molecule has 0 amide bonds. The number of rotatable bonds is 20. The van der Waals surface area contributed by atoms with E-state index in [1.165, 1.54) is 47.3 Å². The van der Waals surface area contributed by atoms with Gasteiger partial charge in [0.15, 0.2) is 6.29 Å². The van der Waals surface area contributed by atoms with Gasteiger partial charge in [-0.25, -0.2) is 0 Å². The molecule has 3 N–H and O–H groups in total. The molecule has 41 heavy (non-hydrogen) atoms. The van der Waals surface area contributed by atoms with E-state index >= 15 is 0 Å². The fourth-order valence-corrected chi connectivity index (χ4v) is 5.45. The number of benzene rings is 2. The summed E-state index contributed by atoms with van der Waals surface area (Å²) in [6, 6.07) is 16.7. The van der Waals surface area contributed by atoms with Gasteiger partial charge in [-0.3, -0.25) is 4.79 Å². The number of hydrogen-bond donors (Lipinski definition) is 3. The summed E-state index contributed by atoms with van der Waals surface area (Å²) in [6.45, 7) is 9.24. The van der Waals surface area contributed by atoms with E-state index in [2.05, 4.69) is 64.1 Å². The highest BCUT2D eigenvalue weighted by Crippen LogP contribution is 2.33. The molecule has 0 aliphatic heterocycles. The predicted molar refractivity (Wildman–Crippen MR) is 166 cm³/mol. The van der Waals surface area contributed by atoms with E-state index in [-0.39, 0.29) is 37.6 Å². The van der Waals surface area contributed by atoms with Crippen LogP contribution >= 0.6 is 23.5 Å². The van der Waals surface area contributed by atoms with E-state index in [0.29, 0.717) is 28.9 Å². The molecule has 0 saturated carbocycles. The first-order valence-corrected chi connectivity index (χ1v) is 16.1. The summed E-state index contributed by atoms with van der Waals surface area (Å²) in [6.07, 6.45) is -2.34. The Bertz CT molecular complexity index is 998. The summed E-state index contributed by atoms with van der Waals surface area (Å²) >= 11 is 2.60. The number of methoxy groups -OCH3 is 1. The van der Waals surface area contributed by atoms with E-state index in [0.717, 1.165) is 0 Å². The first-order valence-electron chi connectivity index (χ1n) is 13.8. The second-order valence-corrected chi connectivity index (χ2v) is 12.7. The lowest BCUT2D eigenvalue weighted by atomic mass is 9.77. The average molecular weight is 611 g/mol. The Morgan fingerprint density at radius 3 is 2.02 bits per heavy atom.